The molecule has 0 heterocycles. The van der Waals surface area contributed by atoms with E-state index in [1.54, 1.807) is 12.2 Å². The lowest BCUT2D eigenvalue weighted by molar-refractivity contribution is 0.567. The molecule has 0 aliphatic carbocycles. The molecule has 6 aromatic rings. The van der Waals surface area contributed by atoms with Gasteiger partial charge in [0.1, 0.15) is 0 Å². The summed E-state index contributed by atoms with van der Waals surface area (Å²) in [7, 11) is 0. The molecular formula is C66H60. The number of hydrogen-bond donors (Lipinski definition) is 0. The summed E-state index contributed by atoms with van der Waals surface area (Å²) in [5.74, 6) is 39.1. The Kier molecular flexibility index (Phi) is 14.9. The molecule has 0 aromatic heterocycles. The summed E-state index contributed by atoms with van der Waals surface area (Å²) >= 11 is 0. The molecule has 0 bridgehead atoms. The summed E-state index contributed by atoms with van der Waals surface area (Å²) in [4.78, 5) is 0. The van der Waals surface area contributed by atoms with Crippen LogP contribution >= 0.6 is 0 Å². The van der Waals surface area contributed by atoms with Crippen LogP contribution < -0.4 is 0 Å². The minimum Gasteiger partial charge on any atom is -0.0689 e. The summed E-state index contributed by atoms with van der Waals surface area (Å²) in [5.41, 5.74) is 15.0. The normalized spacial score (nSPS) is 11.2. The van der Waals surface area contributed by atoms with Crippen molar-refractivity contribution in [3.63, 3.8) is 0 Å². The molecule has 324 valence electrons. The van der Waals surface area contributed by atoms with Gasteiger partial charge in [0.2, 0.25) is 0 Å². The van der Waals surface area contributed by atoms with Gasteiger partial charge in [-0.2, -0.15) is 0 Å². The van der Waals surface area contributed by atoms with Crippen molar-refractivity contribution in [2.45, 2.75) is 105 Å². The molecule has 0 fully saturated rings. The standard InChI is InChI=1S/C66H60/c1-63(2,3)59-43-57(44-60(47-59)64(4,5)6)41-39-55-35-31-53(32-36-55)29-27-51-23-19-49(20-24-51)17-15-13-14-16-18-50-21-25-52(26-22-50)28-30-54-33-37-56(38-34-54)40-42-58-45-61(65(7,8)9)48-62(46-58)66(10,11)12/h13-14,19-26,31-38,43-48H,1-12H3/b14-13-. The molecule has 0 saturated carbocycles. The molecule has 6 aromatic carbocycles. The molecule has 0 saturated heterocycles. The lowest BCUT2D eigenvalue weighted by Gasteiger charge is -2.25. The second-order valence-corrected chi connectivity index (χ2v) is 20.8. The van der Waals surface area contributed by atoms with Gasteiger partial charge in [0, 0.05) is 55.6 Å². The van der Waals surface area contributed by atoms with Gasteiger partial charge in [-0.3, -0.25) is 0 Å². The van der Waals surface area contributed by atoms with E-state index in [4.69, 9.17) is 0 Å². The third-order valence-electron chi connectivity index (χ3n) is 11.0. The van der Waals surface area contributed by atoms with Crippen LogP contribution in [0.2, 0.25) is 0 Å². The molecule has 0 aliphatic heterocycles. The molecule has 0 heteroatoms. The van der Waals surface area contributed by atoms with Gasteiger partial charge in [0.15, 0.2) is 0 Å². The van der Waals surface area contributed by atoms with E-state index in [0.29, 0.717) is 0 Å². The van der Waals surface area contributed by atoms with E-state index in [0.717, 1.165) is 55.6 Å². The minimum absolute atomic E-state index is 0.0561. The van der Waals surface area contributed by atoms with Crippen molar-refractivity contribution in [1.82, 2.24) is 0 Å². The number of benzene rings is 6. The fourth-order valence-electron chi connectivity index (χ4n) is 6.59. The molecule has 0 radical (unpaired) electrons. The molecular weight excluding hydrogens is 793 g/mol. The zero-order chi connectivity index (χ0) is 47.5. The lowest BCUT2D eigenvalue weighted by Crippen LogP contribution is -2.16. The second kappa shape index (κ2) is 20.5. The van der Waals surface area contributed by atoms with Crippen LogP contribution in [0.1, 0.15) is 161 Å². The van der Waals surface area contributed by atoms with Crippen LogP contribution in [-0.4, -0.2) is 0 Å². The molecule has 0 aliphatic rings. The van der Waals surface area contributed by atoms with Gasteiger partial charge in [0.05, 0.1) is 0 Å². The Morgan fingerprint density at radius 1 is 0.227 bits per heavy atom. The van der Waals surface area contributed by atoms with Gasteiger partial charge < -0.3 is 0 Å². The van der Waals surface area contributed by atoms with E-state index < -0.39 is 0 Å². The van der Waals surface area contributed by atoms with Crippen molar-refractivity contribution < 1.29 is 0 Å². The summed E-state index contributed by atoms with van der Waals surface area (Å²) in [6.45, 7) is 27.0. The topological polar surface area (TPSA) is 0 Å². The molecule has 0 nitrogen and oxygen atoms in total. The second-order valence-electron chi connectivity index (χ2n) is 20.8. The van der Waals surface area contributed by atoms with Crippen molar-refractivity contribution in [2.75, 3.05) is 0 Å². The monoisotopic (exact) mass is 852 g/mol. The van der Waals surface area contributed by atoms with E-state index >= 15 is 0 Å². The Balaban J connectivity index is 0.989. The molecule has 0 atom stereocenters. The summed E-state index contributed by atoms with van der Waals surface area (Å²) < 4.78 is 0. The lowest BCUT2D eigenvalue weighted by atomic mass is 9.79. The van der Waals surface area contributed by atoms with E-state index in [-0.39, 0.29) is 21.7 Å². The smallest absolute Gasteiger partial charge is 0.0254 e. The van der Waals surface area contributed by atoms with E-state index in [1.165, 1.54) is 22.3 Å². The largest absolute Gasteiger partial charge is 0.0689 e. The minimum atomic E-state index is 0.0561. The van der Waals surface area contributed by atoms with Crippen LogP contribution in [0.4, 0.5) is 0 Å². The van der Waals surface area contributed by atoms with Gasteiger partial charge in [-0.15, -0.1) is 0 Å². The highest BCUT2D eigenvalue weighted by Gasteiger charge is 2.21. The van der Waals surface area contributed by atoms with Crippen LogP contribution in [0.3, 0.4) is 0 Å². The highest BCUT2D eigenvalue weighted by molar-refractivity contribution is 5.53. The first kappa shape index (κ1) is 47.9. The highest BCUT2D eigenvalue weighted by Crippen LogP contribution is 2.31. The van der Waals surface area contributed by atoms with Crippen molar-refractivity contribution in [3.05, 3.63) is 224 Å². The summed E-state index contributed by atoms with van der Waals surface area (Å²) in [5, 5.41) is 0. The SMILES string of the molecule is CC(C)(C)c1cc(C#Cc2ccc(C#Cc3ccc(C#C/C=C\C#Cc4ccc(C#Cc5ccc(C#Cc6cc(C(C)(C)C)cc(C(C)(C)C)c6)cc5)cc4)cc3)cc2)cc(C(C)(C)C)c1. The fourth-order valence-corrected chi connectivity index (χ4v) is 6.59. The summed E-state index contributed by atoms with van der Waals surface area (Å²) in [6.07, 6.45) is 3.54. The van der Waals surface area contributed by atoms with Gasteiger partial charge in [-0.05, 0) is 177 Å². The molecule has 0 spiro atoms. The average Bonchev–Trinajstić information content (AvgIpc) is 3.27. The Morgan fingerprint density at radius 2 is 0.394 bits per heavy atom. The first-order valence-electron chi connectivity index (χ1n) is 22.7. The quantitative estimate of drug-likeness (QED) is 0.134. The van der Waals surface area contributed by atoms with E-state index in [2.05, 4.69) is 191 Å². The van der Waals surface area contributed by atoms with Crippen LogP contribution in [0, 0.1) is 71.0 Å². The average molecular weight is 853 g/mol. The van der Waals surface area contributed by atoms with E-state index in [1.807, 2.05) is 97.1 Å². The maximum absolute atomic E-state index is 3.41. The Morgan fingerprint density at radius 3 is 0.576 bits per heavy atom. The first-order valence-corrected chi connectivity index (χ1v) is 22.7. The Labute approximate surface area is 397 Å². The molecule has 6 rings (SSSR count). The molecule has 0 amide bonds. The third kappa shape index (κ3) is 14.5. The van der Waals surface area contributed by atoms with Crippen LogP contribution in [0.15, 0.2) is 146 Å². The van der Waals surface area contributed by atoms with Crippen molar-refractivity contribution in [1.29, 1.82) is 0 Å². The zero-order valence-electron chi connectivity index (χ0n) is 40.9. The van der Waals surface area contributed by atoms with Gasteiger partial charge in [-0.25, -0.2) is 0 Å². The van der Waals surface area contributed by atoms with Crippen LogP contribution in [0.25, 0.3) is 0 Å². The number of rotatable bonds is 0. The number of hydrogen-bond acceptors (Lipinski definition) is 0. The predicted molar refractivity (Wildman–Crippen MR) is 280 cm³/mol. The summed E-state index contributed by atoms with van der Waals surface area (Å²) in [6, 6.07) is 45.7. The van der Waals surface area contributed by atoms with Gasteiger partial charge in [0.25, 0.3) is 0 Å². The van der Waals surface area contributed by atoms with Crippen molar-refractivity contribution >= 4 is 0 Å². The molecule has 0 N–H and O–H groups in total. The Hall–Kier alpha value is -7.58. The zero-order valence-corrected chi connectivity index (χ0v) is 40.9. The fraction of sp³-hybridized carbons (Fsp3) is 0.242. The van der Waals surface area contributed by atoms with Gasteiger partial charge in [-0.1, -0.05) is 166 Å². The van der Waals surface area contributed by atoms with Crippen LogP contribution in [0.5, 0.6) is 0 Å². The number of allylic oxidation sites excluding steroid dienone is 2. The van der Waals surface area contributed by atoms with Crippen molar-refractivity contribution in [3.8, 4) is 71.0 Å². The highest BCUT2D eigenvalue weighted by atomic mass is 14.3. The third-order valence-corrected chi connectivity index (χ3v) is 11.0. The maximum atomic E-state index is 3.41. The maximum Gasteiger partial charge on any atom is 0.0254 e. The van der Waals surface area contributed by atoms with Crippen LogP contribution in [-0.2, 0) is 21.7 Å². The first-order chi connectivity index (χ1) is 31.2. The predicted octanol–water partition coefficient (Wildman–Crippen LogP) is 14.4. The van der Waals surface area contributed by atoms with E-state index in [9.17, 15) is 0 Å². The van der Waals surface area contributed by atoms with Gasteiger partial charge >= 0.3 is 0 Å². The molecule has 66 heavy (non-hydrogen) atoms. The Bertz CT molecular complexity index is 2830. The molecule has 0 unspecified atom stereocenters. The van der Waals surface area contributed by atoms with Crippen molar-refractivity contribution in [2.24, 2.45) is 0 Å².